The first kappa shape index (κ1) is 24.9. The number of nitrogens with zero attached hydrogens (tertiary/aromatic N) is 1. The Morgan fingerprint density at radius 1 is 0.943 bits per heavy atom. The van der Waals surface area contributed by atoms with E-state index >= 15 is 4.39 Å². The SMILES string of the molecule is CCCCC1CCc2c(cc(F)c(-c3ccc(C#Cc4cc(F)c(N=C=S)c(F)c4)cc3)c2F)C1. The standard InChI is InChI=1S/C29H23F4NS/c1-2-3-4-19-9-12-23-22(13-19)16-24(30)27(28(23)33)21-10-7-18(8-11-21)5-6-20-14-25(31)29(34-17-35)26(32)15-20/h7-8,10-11,14-16,19H,2-4,9,12-13H2,1H3. The lowest BCUT2D eigenvalue weighted by Crippen LogP contribution is -2.17. The summed E-state index contributed by atoms with van der Waals surface area (Å²) in [6, 6.07) is 10.0. The number of benzene rings is 3. The van der Waals surface area contributed by atoms with E-state index in [-0.39, 0.29) is 11.1 Å². The number of hydrogen-bond acceptors (Lipinski definition) is 2. The molecular weight excluding hydrogens is 470 g/mol. The van der Waals surface area contributed by atoms with E-state index < -0.39 is 29.0 Å². The third-order valence-corrected chi connectivity index (χ3v) is 6.48. The molecule has 0 bridgehead atoms. The monoisotopic (exact) mass is 493 g/mol. The molecule has 1 nitrogen and oxygen atoms in total. The van der Waals surface area contributed by atoms with Crippen molar-refractivity contribution in [1.29, 1.82) is 0 Å². The molecule has 0 saturated carbocycles. The van der Waals surface area contributed by atoms with Crippen LogP contribution in [0.1, 0.15) is 54.9 Å². The molecule has 1 aliphatic rings. The summed E-state index contributed by atoms with van der Waals surface area (Å²) in [4.78, 5) is 3.37. The van der Waals surface area contributed by atoms with E-state index in [1.54, 1.807) is 24.3 Å². The molecule has 0 spiro atoms. The minimum absolute atomic E-state index is 0.0332. The number of hydrogen-bond donors (Lipinski definition) is 0. The average Bonchev–Trinajstić information content (AvgIpc) is 2.84. The van der Waals surface area contributed by atoms with Gasteiger partial charge < -0.3 is 0 Å². The van der Waals surface area contributed by atoms with Crippen LogP contribution in [0.4, 0.5) is 23.2 Å². The minimum Gasteiger partial charge on any atom is -0.206 e. The van der Waals surface area contributed by atoms with Gasteiger partial charge in [-0.3, -0.25) is 0 Å². The van der Waals surface area contributed by atoms with E-state index in [1.165, 1.54) is 6.07 Å². The third kappa shape index (κ3) is 5.53. The van der Waals surface area contributed by atoms with Crippen LogP contribution in [0.3, 0.4) is 0 Å². The third-order valence-electron chi connectivity index (χ3n) is 6.39. The van der Waals surface area contributed by atoms with Gasteiger partial charge in [-0.05, 0) is 84.4 Å². The van der Waals surface area contributed by atoms with Crippen LogP contribution in [0.25, 0.3) is 11.1 Å². The van der Waals surface area contributed by atoms with Gasteiger partial charge in [-0.2, -0.15) is 4.99 Å². The largest absolute Gasteiger partial charge is 0.206 e. The second-order valence-corrected chi connectivity index (χ2v) is 8.94. The van der Waals surface area contributed by atoms with Gasteiger partial charge in [0.2, 0.25) is 0 Å². The quantitative estimate of drug-likeness (QED) is 0.151. The molecule has 3 aromatic rings. The van der Waals surface area contributed by atoms with Crippen LogP contribution in [-0.4, -0.2) is 5.16 Å². The van der Waals surface area contributed by atoms with E-state index in [1.807, 2.05) is 5.16 Å². The number of thiocarbonyl (C=S) groups is 1. The van der Waals surface area contributed by atoms with Gasteiger partial charge >= 0.3 is 0 Å². The highest BCUT2D eigenvalue weighted by Crippen LogP contribution is 2.36. The van der Waals surface area contributed by atoms with E-state index in [0.29, 0.717) is 29.0 Å². The number of unbranched alkanes of at least 4 members (excludes halogenated alkanes) is 1. The van der Waals surface area contributed by atoms with Gasteiger partial charge in [0, 0.05) is 11.1 Å². The lowest BCUT2D eigenvalue weighted by atomic mass is 9.80. The molecule has 1 aliphatic carbocycles. The number of fused-ring (bicyclic) bond motifs is 1. The molecule has 4 rings (SSSR count). The van der Waals surface area contributed by atoms with Crippen LogP contribution < -0.4 is 0 Å². The van der Waals surface area contributed by atoms with Gasteiger partial charge in [-0.25, -0.2) is 17.6 Å². The first-order valence-electron chi connectivity index (χ1n) is 11.6. The maximum Gasteiger partial charge on any atom is 0.153 e. The molecule has 0 aliphatic heterocycles. The first-order valence-corrected chi connectivity index (χ1v) is 12.0. The van der Waals surface area contributed by atoms with E-state index in [4.69, 9.17) is 0 Å². The summed E-state index contributed by atoms with van der Waals surface area (Å²) in [5.41, 5.74) is 1.92. The van der Waals surface area contributed by atoms with Gasteiger partial charge in [-0.1, -0.05) is 50.2 Å². The molecule has 0 heterocycles. The Kier molecular flexibility index (Phi) is 7.80. The van der Waals surface area contributed by atoms with Gasteiger partial charge in [0.25, 0.3) is 0 Å². The molecule has 0 amide bonds. The highest BCUT2D eigenvalue weighted by atomic mass is 32.1. The summed E-state index contributed by atoms with van der Waals surface area (Å²) < 4.78 is 58.3. The van der Waals surface area contributed by atoms with Crippen molar-refractivity contribution in [1.82, 2.24) is 0 Å². The molecule has 6 heteroatoms. The van der Waals surface area contributed by atoms with Crippen molar-refractivity contribution in [3.05, 3.63) is 88.0 Å². The van der Waals surface area contributed by atoms with Crippen molar-refractivity contribution in [3.8, 4) is 23.0 Å². The number of isothiocyanates is 1. The van der Waals surface area contributed by atoms with Crippen molar-refractivity contribution in [2.75, 3.05) is 0 Å². The maximum absolute atomic E-state index is 15.4. The Labute approximate surface area is 207 Å². The van der Waals surface area contributed by atoms with Crippen molar-refractivity contribution >= 4 is 23.1 Å². The summed E-state index contributed by atoms with van der Waals surface area (Å²) >= 11 is 4.39. The lowest BCUT2D eigenvalue weighted by Gasteiger charge is -2.26. The number of halogens is 4. The molecule has 1 atom stereocenters. The molecule has 0 N–H and O–H groups in total. The molecular formula is C29H23F4NS. The van der Waals surface area contributed by atoms with Crippen molar-refractivity contribution in [3.63, 3.8) is 0 Å². The summed E-state index contributed by atoms with van der Waals surface area (Å²) in [5.74, 6) is 3.14. The Morgan fingerprint density at radius 3 is 2.29 bits per heavy atom. The molecule has 0 fully saturated rings. The minimum atomic E-state index is -0.892. The summed E-state index contributed by atoms with van der Waals surface area (Å²) in [5, 5.41) is 1.93. The summed E-state index contributed by atoms with van der Waals surface area (Å²) in [6.07, 6.45) is 5.61. The van der Waals surface area contributed by atoms with Crippen LogP contribution in [0.15, 0.2) is 47.5 Å². The maximum atomic E-state index is 15.4. The Hall–Kier alpha value is -3.26. The lowest BCUT2D eigenvalue weighted by molar-refractivity contribution is 0.403. The fourth-order valence-electron chi connectivity index (χ4n) is 4.58. The normalized spacial score (nSPS) is 14.5. The van der Waals surface area contributed by atoms with E-state index in [0.717, 1.165) is 49.8 Å². The highest BCUT2D eigenvalue weighted by molar-refractivity contribution is 7.78. The first-order chi connectivity index (χ1) is 16.9. The van der Waals surface area contributed by atoms with Crippen molar-refractivity contribution in [2.24, 2.45) is 10.9 Å². The fraction of sp³-hybridized carbons (Fsp3) is 0.276. The second-order valence-electron chi connectivity index (χ2n) is 8.76. The highest BCUT2D eigenvalue weighted by Gasteiger charge is 2.25. The molecule has 0 saturated heterocycles. The topological polar surface area (TPSA) is 12.4 Å². The summed E-state index contributed by atoms with van der Waals surface area (Å²) in [6.45, 7) is 2.15. The molecule has 0 radical (unpaired) electrons. The Bertz CT molecular complexity index is 1340. The Balaban J connectivity index is 1.57. The predicted molar refractivity (Wildman–Crippen MR) is 134 cm³/mol. The van der Waals surface area contributed by atoms with Crippen molar-refractivity contribution in [2.45, 2.75) is 45.4 Å². The van der Waals surface area contributed by atoms with Crippen LogP contribution in [0.5, 0.6) is 0 Å². The summed E-state index contributed by atoms with van der Waals surface area (Å²) in [7, 11) is 0. The number of rotatable bonds is 5. The van der Waals surface area contributed by atoms with Crippen LogP contribution in [0.2, 0.25) is 0 Å². The predicted octanol–water partition coefficient (Wildman–Crippen LogP) is 8.34. The van der Waals surface area contributed by atoms with E-state index in [2.05, 4.69) is 36.0 Å². The zero-order valence-electron chi connectivity index (χ0n) is 19.2. The molecule has 35 heavy (non-hydrogen) atoms. The molecule has 3 aromatic carbocycles. The Morgan fingerprint density at radius 2 is 1.63 bits per heavy atom. The second kappa shape index (κ2) is 11.0. The smallest absolute Gasteiger partial charge is 0.153 e. The zero-order chi connectivity index (χ0) is 24.9. The van der Waals surface area contributed by atoms with Gasteiger partial charge in [0.15, 0.2) is 11.6 Å². The van der Waals surface area contributed by atoms with E-state index in [9.17, 15) is 13.2 Å². The van der Waals surface area contributed by atoms with Gasteiger partial charge in [0.1, 0.15) is 17.3 Å². The van der Waals surface area contributed by atoms with Crippen LogP contribution in [-0.2, 0) is 12.8 Å². The number of aliphatic imine (C=N–C) groups is 1. The molecule has 0 aromatic heterocycles. The van der Waals surface area contributed by atoms with Gasteiger partial charge in [0.05, 0.1) is 10.7 Å². The van der Waals surface area contributed by atoms with Crippen LogP contribution >= 0.6 is 12.2 Å². The molecule has 178 valence electrons. The van der Waals surface area contributed by atoms with Crippen LogP contribution in [0, 0.1) is 41.0 Å². The average molecular weight is 494 g/mol. The molecule has 1 unspecified atom stereocenters. The fourth-order valence-corrected chi connectivity index (χ4v) is 4.67. The van der Waals surface area contributed by atoms with Gasteiger partial charge in [-0.15, -0.1) is 0 Å². The van der Waals surface area contributed by atoms with Crippen molar-refractivity contribution < 1.29 is 17.6 Å². The zero-order valence-corrected chi connectivity index (χ0v) is 20.0.